The molecule has 1 heterocycles. The predicted molar refractivity (Wildman–Crippen MR) is 99.1 cm³/mol. The fourth-order valence-corrected chi connectivity index (χ4v) is 2.56. The Morgan fingerprint density at radius 3 is 2.70 bits per heavy atom. The minimum Gasteiger partial charge on any atom is -0.451 e. The van der Waals surface area contributed by atoms with E-state index >= 15 is 0 Å². The Hall–Kier alpha value is -3.21. The summed E-state index contributed by atoms with van der Waals surface area (Å²) in [7, 11) is 0. The highest BCUT2D eigenvalue weighted by Crippen LogP contribution is 2.14. The van der Waals surface area contributed by atoms with E-state index in [-0.39, 0.29) is 24.2 Å². The van der Waals surface area contributed by atoms with E-state index in [1.54, 1.807) is 24.3 Å². The minimum atomic E-state index is -0.772. The molecule has 1 amide bonds. The summed E-state index contributed by atoms with van der Waals surface area (Å²) in [6.07, 6.45) is 2.90. The maximum atomic E-state index is 12.6. The van der Waals surface area contributed by atoms with Crippen LogP contribution >= 0.6 is 0 Å². The van der Waals surface area contributed by atoms with E-state index < -0.39 is 18.5 Å². The number of carbonyl (C=O) groups is 2. The molecule has 1 N–H and O–H groups in total. The van der Waals surface area contributed by atoms with E-state index in [2.05, 4.69) is 17.3 Å². The Bertz CT molecular complexity index is 914. The van der Waals surface area contributed by atoms with Gasteiger partial charge in [-0.3, -0.25) is 9.59 Å². The van der Waals surface area contributed by atoms with Crippen LogP contribution in [0.15, 0.2) is 29.1 Å². The molecule has 0 unspecified atom stereocenters. The van der Waals surface area contributed by atoms with Gasteiger partial charge in [0.25, 0.3) is 11.5 Å². The number of ether oxygens (including phenoxy) is 1. The van der Waals surface area contributed by atoms with Gasteiger partial charge in [0.2, 0.25) is 0 Å². The quantitative estimate of drug-likeness (QED) is 0.531. The van der Waals surface area contributed by atoms with Crippen LogP contribution in [0.1, 0.15) is 43.1 Å². The number of hydrogen-bond donors (Lipinski definition) is 1. The monoisotopic (exact) mass is 370 g/mol. The van der Waals surface area contributed by atoms with Crippen molar-refractivity contribution in [3.63, 3.8) is 0 Å². The van der Waals surface area contributed by atoms with Crippen LogP contribution in [0, 0.1) is 11.3 Å². The van der Waals surface area contributed by atoms with E-state index in [0.717, 1.165) is 19.3 Å². The average Bonchev–Trinajstić information content (AvgIpc) is 2.68. The molecule has 8 nitrogen and oxygen atoms in total. The number of nitrogens with one attached hydrogen (secondary N) is 1. The molecule has 0 bridgehead atoms. The molecule has 2 rings (SSSR count). The van der Waals surface area contributed by atoms with Gasteiger partial charge in [0.05, 0.1) is 17.9 Å². The summed E-state index contributed by atoms with van der Waals surface area (Å²) in [5, 5.41) is 15.9. The van der Waals surface area contributed by atoms with Gasteiger partial charge < -0.3 is 10.1 Å². The fraction of sp³-hybridized carbons (Fsp3) is 0.421. The number of nitriles is 1. The minimum absolute atomic E-state index is 0.00604. The summed E-state index contributed by atoms with van der Waals surface area (Å²) in [6, 6.07) is 8.59. The molecule has 0 spiro atoms. The van der Waals surface area contributed by atoms with Gasteiger partial charge in [0.15, 0.2) is 12.3 Å². The predicted octanol–water partition coefficient (Wildman–Crippen LogP) is 1.77. The van der Waals surface area contributed by atoms with Gasteiger partial charge in [-0.25, -0.2) is 9.48 Å². The van der Waals surface area contributed by atoms with Gasteiger partial charge in [-0.1, -0.05) is 38.0 Å². The third-order valence-electron chi connectivity index (χ3n) is 3.93. The van der Waals surface area contributed by atoms with Crippen LogP contribution in [0.25, 0.3) is 10.8 Å². The third-order valence-corrected chi connectivity index (χ3v) is 3.93. The number of benzene rings is 1. The van der Waals surface area contributed by atoms with Crippen LogP contribution in [0.2, 0.25) is 0 Å². The first-order valence-corrected chi connectivity index (χ1v) is 8.89. The Labute approximate surface area is 156 Å². The van der Waals surface area contributed by atoms with Crippen LogP contribution in [0.4, 0.5) is 0 Å². The van der Waals surface area contributed by atoms with Crippen LogP contribution in [0.5, 0.6) is 0 Å². The second-order valence-corrected chi connectivity index (χ2v) is 5.96. The van der Waals surface area contributed by atoms with Crippen molar-refractivity contribution in [3.05, 3.63) is 40.3 Å². The summed E-state index contributed by atoms with van der Waals surface area (Å²) >= 11 is 0. The SMILES string of the molecule is CCCCCn1nc(C(=O)OCC(=O)NCCC#N)c2ccccc2c1=O. The number of amides is 1. The van der Waals surface area contributed by atoms with E-state index in [1.807, 2.05) is 6.07 Å². The Balaban J connectivity index is 2.21. The van der Waals surface area contributed by atoms with Crippen molar-refractivity contribution in [2.75, 3.05) is 13.2 Å². The maximum Gasteiger partial charge on any atom is 0.359 e. The molecule has 0 fully saturated rings. The maximum absolute atomic E-state index is 12.6. The molecule has 0 atom stereocenters. The normalized spacial score (nSPS) is 10.4. The summed E-state index contributed by atoms with van der Waals surface area (Å²) in [4.78, 5) is 36.7. The van der Waals surface area contributed by atoms with E-state index in [9.17, 15) is 14.4 Å². The molecule has 0 aliphatic heterocycles. The lowest BCUT2D eigenvalue weighted by Gasteiger charge is -2.11. The molecule has 0 aliphatic rings. The zero-order valence-corrected chi connectivity index (χ0v) is 15.2. The number of rotatable bonds is 9. The lowest BCUT2D eigenvalue weighted by Crippen LogP contribution is -2.31. The summed E-state index contributed by atoms with van der Waals surface area (Å²) < 4.78 is 6.32. The standard InChI is InChI=1S/C19H22N4O4/c1-2-3-6-12-23-18(25)15-9-5-4-8-14(15)17(22-23)19(26)27-13-16(24)21-11-7-10-20/h4-5,8-9H,2-3,6-7,11-13H2,1H3,(H,21,24). The first-order valence-electron chi connectivity index (χ1n) is 8.89. The molecule has 27 heavy (non-hydrogen) atoms. The van der Waals surface area contributed by atoms with Crippen molar-refractivity contribution in [2.45, 2.75) is 39.2 Å². The number of aromatic nitrogens is 2. The molecule has 142 valence electrons. The molecule has 8 heteroatoms. The molecular formula is C19H22N4O4. The molecule has 0 aliphatic carbocycles. The summed E-state index contributed by atoms with van der Waals surface area (Å²) in [5.41, 5.74) is -0.251. The van der Waals surface area contributed by atoms with Crippen LogP contribution in [-0.2, 0) is 16.1 Å². The largest absolute Gasteiger partial charge is 0.451 e. The van der Waals surface area contributed by atoms with Crippen LogP contribution in [-0.4, -0.2) is 34.8 Å². The lowest BCUT2D eigenvalue weighted by atomic mass is 10.1. The van der Waals surface area contributed by atoms with Crippen molar-refractivity contribution >= 4 is 22.6 Å². The van der Waals surface area contributed by atoms with Gasteiger partial charge in [-0.05, 0) is 12.5 Å². The number of aryl methyl sites for hydroxylation is 1. The number of hydrogen-bond acceptors (Lipinski definition) is 6. The summed E-state index contributed by atoms with van der Waals surface area (Å²) in [6.45, 7) is 2.18. The highest BCUT2D eigenvalue weighted by molar-refractivity contribution is 6.02. The number of carbonyl (C=O) groups excluding carboxylic acids is 2. The smallest absolute Gasteiger partial charge is 0.359 e. The Kier molecular flexibility index (Phi) is 7.49. The molecule has 0 saturated carbocycles. The highest BCUT2D eigenvalue weighted by Gasteiger charge is 2.18. The van der Waals surface area contributed by atoms with Crippen molar-refractivity contribution in [3.8, 4) is 6.07 Å². The van der Waals surface area contributed by atoms with E-state index in [1.165, 1.54) is 4.68 Å². The van der Waals surface area contributed by atoms with Gasteiger partial charge in [0.1, 0.15) is 0 Å². The second kappa shape index (κ2) is 10.1. The Morgan fingerprint density at radius 1 is 1.26 bits per heavy atom. The number of unbranched alkanes of at least 4 members (excludes halogenated alkanes) is 2. The Morgan fingerprint density at radius 2 is 2.00 bits per heavy atom. The topological polar surface area (TPSA) is 114 Å². The third kappa shape index (κ3) is 5.38. The zero-order valence-electron chi connectivity index (χ0n) is 15.2. The van der Waals surface area contributed by atoms with Crippen molar-refractivity contribution < 1.29 is 14.3 Å². The molecule has 2 aromatic rings. The van der Waals surface area contributed by atoms with Crippen molar-refractivity contribution in [1.82, 2.24) is 15.1 Å². The van der Waals surface area contributed by atoms with E-state index in [0.29, 0.717) is 17.3 Å². The molecule has 1 aromatic carbocycles. The summed E-state index contributed by atoms with van der Waals surface area (Å²) in [5.74, 6) is -1.27. The highest BCUT2D eigenvalue weighted by atomic mass is 16.5. The first-order chi connectivity index (χ1) is 13.1. The van der Waals surface area contributed by atoms with E-state index in [4.69, 9.17) is 10.00 Å². The molecule has 0 saturated heterocycles. The van der Waals surface area contributed by atoms with Crippen molar-refractivity contribution in [1.29, 1.82) is 5.26 Å². The van der Waals surface area contributed by atoms with Gasteiger partial charge in [-0.2, -0.15) is 10.4 Å². The second-order valence-electron chi connectivity index (χ2n) is 5.96. The van der Waals surface area contributed by atoms with Crippen LogP contribution < -0.4 is 10.9 Å². The molecule has 0 radical (unpaired) electrons. The molecular weight excluding hydrogens is 348 g/mol. The van der Waals surface area contributed by atoms with Crippen molar-refractivity contribution in [2.24, 2.45) is 0 Å². The average molecular weight is 370 g/mol. The van der Waals surface area contributed by atoms with Gasteiger partial charge in [-0.15, -0.1) is 0 Å². The first kappa shape index (κ1) is 20.1. The molecule has 1 aromatic heterocycles. The van der Waals surface area contributed by atoms with Crippen LogP contribution in [0.3, 0.4) is 0 Å². The van der Waals surface area contributed by atoms with Gasteiger partial charge in [0, 0.05) is 18.5 Å². The number of esters is 1. The number of fused-ring (bicyclic) bond motifs is 1. The number of nitrogens with zero attached hydrogens (tertiary/aromatic N) is 3. The lowest BCUT2D eigenvalue weighted by molar-refractivity contribution is -0.124. The zero-order chi connectivity index (χ0) is 19.6. The fourth-order valence-electron chi connectivity index (χ4n) is 2.56. The van der Waals surface area contributed by atoms with Gasteiger partial charge >= 0.3 is 5.97 Å².